The standard InChI is InChI=1S/C7H7F3O4.H2O/c1-4(11)2-6(13)14-3-5(12)7(8,9)10;/h2-3H2,1H3;1H2. The van der Waals surface area contributed by atoms with Gasteiger partial charge in [-0.3, -0.25) is 14.4 Å². The fourth-order valence-electron chi connectivity index (χ4n) is 0.482. The fourth-order valence-corrected chi connectivity index (χ4v) is 0.482. The summed E-state index contributed by atoms with van der Waals surface area (Å²) in [5.41, 5.74) is 0. The van der Waals surface area contributed by atoms with E-state index in [9.17, 15) is 27.6 Å². The highest BCUT2D eigenvalue weighted by molar-refractivity contribution is 5.95. The third-order valence-corrected chi connectivity index (χ3v) is 1.07. The van der Waals surface area contributed by atoms with Crippen molar-refractivity contribution in [3.63, 3.8) is 0 Å². The Morgan fingerprint density at radius 1 is 1.20 bits per heavy atom. The molecule has 0 amide bonds. The van der Waals surface area contributed by atoms with Crippen LogP contribution in [0.25, 0.3) is 0 Å². The molecule has 0 rings (SSSR count). The van der Waals surface area contributed by atoms with Gasteiger partial charge in [-0.2, -0.15) is 13.2 Å². The van der Waals surface area contributed by atoms with Gasteiger partial charge in [0.2, 0.25) is 0 Å². The zero-order valence-electron chi connectivity index (χ0n) is 7.68. The summed E-state index contributed by atoms with van der Waals surface area (Å²) in [5.74, 6) is -3.85. The second-order valence-corrected chi connectivity index (χ2v) is 2.46. The van der Waals surface area contributed by atoms with Gasteiger partial charge in [-0.15, -0.1) is 0 Å². The van der Waals surface area contributed by atoms with Crippen LogP contribution in [0.1, 0.15) is 13.3 Å². The first-order valence-corrected chi connectivity index (χ1v) is 3.48. The van der Waals surface area contributed by atoms with Crippen LogP contribution in [0.15, 0.2) is 0 Å². The van der Waals surface area contributed by atoms with E-state index in [0.717, 1.165) is 6.92 Å². The van der Waals surface area contributed by atoms with Crippen molar-refractivity contribution < 1.29 is 37.8 Å². The van der Waals surface area contributed by atoms with Gasteiger partial charge < -0.3 is 10.2 Å². The van der Waals surface area contributed by atoms with E-state index in [0.29, 0.717) is 0 Å². The Balaban J connectivity index is 0. The highest BCUT2D eigenvalue weighted by Gasteiger charge is 2.38. The van der Waals surface area contributed by atoms with Crippen molar-refractivity contribution >= 4 is 17.5 Å². The van der Waals surface area contributed by atoms with Gasteiger partial charge in [0.15, 0.2) is 6.61 Å². The zero-order valence-corrected chi connectivity index (χ0v) is 7.68. The van der Waals surface area contributed by atoms with Crippen LogP contribution in [0.4, 0.5) is 13.2 Å². The Kier molecular flexibility index (Phi) is 6.53. The summed E-state index contributed by atoms with van der Waals surface area (Å²) in [6.07, 6.45) is -5.65. The van der Waals surface area contributed by atoms with Crippen molar-refractivity contribution in [3.05, 3.63) is 0 Å². The molecule has 0 aromatic carbocycles. The predicted octanol–water partition coefficient (Wildman–Crippen LogP) is -0.185. The van der Waals surface area contributed by atoms with E-state index in [4.69, 9.17) is 0 Å². The molecule has 0 heterocycles. The predicted molar refractivity (Wildman–Crippen MR) is 40.9 cm³/mol. The van der Waals surface area contributed by atoms with Crippen LogP contribution in [-0.2, 0) is 19.1 Å². The lowest BCUT2D eigenvalue weighted by Crippen LogP contribution is -2.28. The van der Waals surface area contributed by atoms with Crippen LogP contribution in [-0.4, -0.2) is 35.8 Å². The summed E-state index contributed by atoms with van der Waals surface area (Å²) in [5, 5.41) is 0. The zero-order chi connectivity index (χ0) is 11.4. The van der Waals surface area contributed by atoms with E-state index in [-0.39, 0.29) is 5.48 Å². The lowest BCUT2D eigenvalue weighted by molar-refractivity contribution is -0.178. The minimum absolute atomic E-state index is 0. The van der Waals surface area contributed by atoms with Gasteiger partial charge in [0.1, 0.15) is 12.2 Å². The van der Waals surface area contributed by atoms with Gasteiger partial charge in [0.05, 0.1) is 0 Å². The van der Waals surface area contributed by atoms with Gasteiger partial charge in [-0.25, -0.2) is 0 Å². The number of carbonyl (C=O) groups is 3. The highest BCUT2D eigenvalue weighted by atomic mass is 19.4. The number of hydrogen-bond acceptors (Lipinski definition) is 4. The van der Waals surface area contributed by atoms with Crippen molar-refractivity contribution in [2.45, 2.75) is 19.5 Å². The molecule has 0 unspecified atom stereocenters. The lowest BCUT2D eigenvalue weighted by Gasteiger charge is -2.05. The second kappa shape index (κ2) is 6.12. The molecule has 15 heavy (non-hydrogen) atoms. The van der Waals surface area contributed by atoms with Crippen LogP contribution in [0.5, 0.6) is 0 Å². The van der Waals surface area contributed by atoms with E-state index in [1.54, 1.807) is 0 Å². The molecule has 0 aliphatic carbocycles. The van der Waals surface area contributed by atoms with E-state index < -0.39 is 36.7 Å². The van der Waals surface area contributed by atoms with Crippen LogP contribution >= 0.6 is 0 Å². The molecule has 0 atom stereocenters. The first-order valence-electron chi connectivity index (χ1n) is 3.48. The Morgan fingerprint density at radius 2 is 1.67 bits per heavy atom. The Morgan fingerprint density at radius 3 is 2.00 bits per heavy atom. The average Bonchev–Trinajstić information content (AvgIpc) is 1.96. The smallest absolute Gasteiger partial charge is 0.453 e. The van der Waals surface area contributed by atoms with Crippen molar-refractivity contribution in [1.82, 2.24) is 0 Å². The topological polar surface area (TPSA) is 91.9 Å². The van der Waals surface area contributed by atoms with Crippen LogP contribution in [0.3, 0.4) is 0 Å². The summed E-state index contributed by atoms with van der Waals surface area (Å²) in [6, 6.07) is 0. The summed E-state index contributed by atoms with van der Waals surface area (Å²) in [4.78, 5) is 31.0. The first-order chi connectivity index (χ1) is 6.23. The fraction of sp³-hybridized carbons (Fsp3) is 0.571. The van der Waals surface area contributed by atoms with Gasteiger partial charge in [-0.1, -0.05) is 0 Å². The second-order valence-electron chi connectivity index (χ2n) is 2.46. The highest BCUT2D eigenvalue weighted by Crippen LogP contribution is 2.15. The number of ether oxygens (including phenoxy) is 1. The molecule has 0 aliphatic heterocycles. The van der Waals surface area contributed by atoms with Crippen molar-refractivity contribution in [3.8, 4) is 0 Å². The summed E-state index contributed by atoms with van der Waals surface area (Å²) >= 11 is 0. The molecule has 0 aromatic heterocycles. The van der Waals surface area contributed by atoms with Gasteiger partial charge in [0.25, 0.3) is 5.78 Å². The molecule has 0 aliphatic rings. The Labute approximate surface area is 82.5 Å². The molecular formula is C7H9F3O5. The van der Waals surface area contributed by atoms with E-state index in [1.165, 1.54) is 0 Å². The molecule has 5 nitrogen and oxygen atoms in total. The quantitative estimate of drug-likeness (QED) is 0.494. The largest absolute Gasteiger partial charge is 0.457 e. The van der Waals surface area contributed by atoms with Crippen molar-refractivity contribution in [2.24, 2.45) is 0 Å². The number of Topliss-reactive ketones (excluding diaryl/α,β-unsaturated/α-hetero) is 2. The summed E-state index contributed by atoms with van der Waals surface area (Å²) in [7, 11) is 0. The third kappa shape index (κ3) is 7.62. The Hall–Kier alpha value is -1.44. The molecule has 0 bridgehead atoms. The molecule has 8 heteroatoms. The number of rotatable bonds is 4. The molecule has 0 saturated carbocycles. The maximum Gasteiger partial charge on any atom is 0.453 e. The molecule has 0 saturated heterocycles. The number of ketones is 2. The van der Waals surface area contributed by atoms with E-state index >= 15 is 0 Å². The molecule has 0 spiro atoms. The van der Waals surface area contributed by atoms with Crippen molar-refractivity contribution in [2.75, 3.05) is 6.61 Å². The van der Waals surface area contributed by atoms with Crippen LogP contribution in [0, 0.1) is 0 Å². The number of carbonyl (C=O) groups excluding carboxylic acids is 3. The number of halogens is 3. The van der Waals surface area contributed by atoms with E-state index in [1.807, 2.05) is 0 Å². The minimum Gasteiger partial charge on any atom is -0.457 e. The SMILES string of the molecule is CC(=O)CC(=O)OCC(=O)C(F)(F)F.O. The molecule has 88 valence electrons. The first kappa shape index (κ1) is 16.0. The molecule has 0 aromatic rings. The van der Waals surface area contributed by atoms with E-state index in [2.05, 4.69) is 4.74 Å². The van der Waals surface area contributed by atoms with Crippen molar-refractivity contribution in [1.29, 1.82) is 0 Å². The molecule has 0 radical (unpaired) electrons. The third-order valence-electron chi connectivity index (χ3n) is 1.07. The normalized spacial score (nSPS) is 10.1. The minimum atomic E-state index is -5.02. The van der Waals surface area contributed by atoms with Crippen LogP contribution < -0.4 is 0 Å². The maximum atomic E-state index is 11.6. The summed E-state index contributed by atoms with van der Waals surface area (Å²) < 4.78 is 38.6. The monoisotopic (exact) mass is 230 g/mol. The number of esters is 1. The molecule has 2 N–H and O–H groups in total. The van der Waals surface area contributed by atoms with Crippen LogP contribution in [0.2, 0.25) is 0 Å². The average molecular weight is 230 g/mol. The number of alkyl halides is 3. The van der Waals surface area contributed by atoms with Gasteiger partial charge in [-0.05, 0) is 6.92 Å². The molecular weight excluding hydrogens is 221 g/mol. The molecule has 0 fully saturated rings. The summed E-state index contributed by atoms with van der Waals surface area (Å²) in [6.45, 7) is -0.303. The van der Waals surface area contributed by atoms with Gasteiger partial charge in [0, 0.05) is 0 Å². The Bertz CT molecular complexity index is 258. The van der Waals surface area contributed by atoms with Gasteiger partial charge >= 0.3 is 12.1 Å². The maximum absolute atomic E-state index is 11.6. The lowest BCUT2D eigenvalue weighted by atomic mass is 10.3. The number of hydrogen-bond donors (Lipinski definition) is 0.